The summed E-state index contributed by atoms with van der Waals surface area (Å²) in [6.45, 7) is 8.05. The number of nitrogens with one attached hydrogen (secondary N) is 1. The summed E-state index contributed by atoms with van der Waals surface area (Å²) in [7, 11) is 1.62. The number of ether oxygens (including phenoxy) is 1. The standard InChI is InChI=1S/C23H29FN4O3/c1-6-27(5)23(30)26-22(28(15-29)14-18-9-7-17(4)8-10-18)25-19-11-12-21(20(24)13-19)31-16(2)3/h7-13,15-16H,6,14H2,1-5H3,(H,25,26,30). The predicted octanol–water partition coefficient (Wildman–Crippen LogP) is 4.23. The predicted molar refractivity (Wildman–Crippen MR) is 119 cm³/mol. The van der Waals surface area contributed by atoms with E-state index in [0.717, 1.165) is 11.1 Å². The van der Waals surface area contributed by atoms with Crippen LogP contribution < -0.4 is 10.1 Å². The van der Waals surface area contributed by atoms with Gasteiger partial charge in [0, 0.05) is 19.7 Å². The first-order valence-electron chi connectivity index (χ1n) is 10.1. The second kappa shape index (κ2) is 11.1. The molecule has 0 saturated heterocycles. The zero-order chi connectivity index (χ0) is 23.0. The molecule has 0 spiro atoms. The largest absolute Gasteiger partial charge is 0.488 e. The van der Waals surface area contributed by atoms with Crippen LogP contribution in [0.1, 0.15) is 31.9 Å². The first-order valence-corrected chi connectivity index (χ1v) is 10.1. The fraction of sp³-hybridized carbons (Fsp3) is 0.348. The summed E-state index contributed by atoms with van der Waals surface area (Å²) >= 11 is 0. The molecule has 166 valence electrons. The van der Waals surface area contributed by atoms with Crippen molar-refractivity contribution in [3.8, 4) is 5.75 Å². The Hall–Kier alpha value is -3.42. The minimum Gasteiger partial charge on any atom is -0.488 e. The van der Waals surface area contributed by atoms with Gasteiger partial charge in [0.2, 0.25) is 12.4 Å². The second-order valence-electron chi connectivity index (χ2n) is 7.38. The number of halogens is 1. The molecular weight excluding hydrogens is 399 g/mol. The molecule has 2 aromatic rings. The van der Waals surface area contributed by atoms with E-state index < -0.39 is 11.8 Å². The molecule has 0 fully saturated rings. The highest BCUT2D eigenvalue weighted by molar-refractivity contribution is 6.01. The molecule has 2 aromatic carbocycles. The first kappa shape index (κ1) is 23.9. The quantitative estimate of drug-likeness (QED) is 0.407. The molecule has 31 heavy (non-hydrogen) atoms. The average molecular weight is 429 g/mol. The van der Waals surface area contributed by atoms with Crippen molar-refractivity contribution < 1.29 is 18.7 Å². The van der Waals surface area contributed by atoms with Crippen LogP contribution in [0.15, 0.2) is 47.5 Å². The number of aliphatic imine (C=N–C) groups is 1. The van der Waals surface area contributed by atoms with Gasteiger partial charge in [0.15, 0.2) is 11.6 Å². The number of nitrogens with zero attached hydrogens (tertiary/aromatic N) is 3. The summed E-state index contributed by atoms with van der Waals surface area (Å²) in [5, 5.41) is 2.64. The minimum atomic E-state index is -0.581. The molecule has 7 nitrogen and oxygen atoms in total. The zero-order valence-corrected chi connectivity index (χ0v) is 18.6. The van der Waals surface area contributed by atoms with Crippen LogP contribution in [0.25, 0.3) is 0 Å². The zero-order valence-electron chi connectivity index (χ0n) is 18.6. The lowest BCUT2D eigenvalue weighted by atomic mass is 10.1. The van der Waals surface area contributed by atoms with Gasteiger partial charge in [0.1, 0.15) is 0 Å². The van der Waals surface area contributed by atoms with Crippen LogP contribution in [0.2, 0.25) is 0 Å². The van der Waals surface area contributed by atoms with Gasteiger partial charge < -0.3 is 9.64 Å². The third-order valence-corrected chi connectivity index (χ3v) is 4.43. The lowest BCUT2D eigenvalue weighted by Gasteiger charge is -2.23. The van der Waals surface area contributed by atoms with Gasteiger partial charge in [-0.1, -0.05) is 29.8 Å². The van der Waals surface area contributed by atoms with Gasteiger partial charge >= 0.3 is 6.03 Å². The van der Waals surface area contributed by atoms with Crippen molar-refractivity contribution in [2.45, 2.75) is 40.3 Å². The van der Waals surface area contributed by atoms with Crippen molar-refractivity contribution in [3.05, 3.63) is 59.4 Å². The number of amides is 3. The number of carbonyl (C=O) groups excluding carboxylic acids is 2. The number of rotatable bonds is 7. The molecule has 0 aliphatic rings. The summed E-state index contributed by atoms with van der Waals surface area (Å²) in [6.07, 6.45) is 0.403. The van der Waals surface area contributed by atoms with Crippen LogP contribution in [-0.4, -0.2) is 47.9 Å². The van der Waals surface area contributed by atoms with Crippen LogP contribution in [-0.2, 0) is 11.3 Å². The molecule has 2 rings (SSSR count). The molecule has 0 unspecified atom stereocenters. The molecule has 0 saturated carbocycles. The Labute approximate surface area is 182 Å². The summed E-state index contributed by atoms with van der Waals surface area (Å²) in [6, 6.07) is 11.4. The number of hydrogen-bond acceptors (Lipinski definition) is 4. The Balaban J connectivity index is 2.38. The molecule has 0 bridgehead atoms. The van der Waals surface area contributed by atoms with E-state index in [-0.39, 0.29) is 30.0 Å². The molecule has 0 atom stereocenters. The van der Waals surface area contributed by atoms with Crippen LogP contribution in [0.4, 0.5) is 14.9 Å². The van der Waals surface area contributed by atoms with E-state index in [1.807, 2.05) is 38.1 Å². The smallest absolute Gasteiger partial charge is 0.323 e. The highest BCUT2D eigenvalue weighted by Gasteiger charge is 2.17. The normalized spacial score (nSPS) is 11.3. The molecule has 0 radical (unpaired) electrons. The maximum absolute atomic E-state index is 14.4. The van der Waals surface area contributed by atoms with Gasteiger partial charge in [0.05, 0.1) is 18.3 Å². The highest BCUT2D eigenvalue weighted by atomic mass is 19.1. The molecule has 1 N–H and O–H groups in total. The lowest BCUT2D eigenvalue weighted by molar-refractivity contribution is -0.115. The van der Waals surface area contributed by atoms with Crippen LogP contribution in [0.5, 0.6) is 5.75 Å². The fourth-order valence-corrected chi connectivity index (χ4v) is 2.58. The van der Waals surface area contributed by atoms with Gasteiger partial charge in [-0.25, -0.2) is 14.2 Å². The summed E-state index contributed by atoms with van der Waals surface area (Å²) in [5.74, 6) is -0.475. The molecule has 3 amide bonds. The lowest BCUT2D eigenvalue weighted by Crippen LogP contribution is -2.47. The topological polar surface area (TPSA) is 74.2 Å². The second-order valence-corrected chi connectivity index (χ2v) is 7.38. The SMILES string of the molecule is CCN(C)C(=O)NC(=Nc1ccc(OC(C)C)c(F)c1)N(C=O)Cc1ccc(C)cc1. The maximum Gasteiger partial charge on any atom is 0.323 e. The van der Waals surface area contributed by atoms with Crippen LogP contribution >= 0.6 is 0 Å². The fourth-order valence-electron chi connectivity index (χ4n) is 2.58. The summed E-state index contributed by atoms with van der Waals surface area (Å²) in [5.41, 5.74) is 2.18. The van der Waals surface area contributed by atoms with Gasteiger partial charge in [-0.05, 0) is 45.4 Å². The number of urea groups is 1. The molecule has 0 aliphatic carbocycles. The van der Waals surface area contributed by atoms with Crippen molar-refractivity contribution in [1.82, 2.24) is 15.1 Å². The van der Waals surface area contributed by atoms with E-state index >= 15 is 0 Å². The minimum absolute atomic E-state index is 0.00203. The van der Waals surface area contributed by atoms with Crippen molar-refractivity contribution >= 4 is 24.1 Å². The molecular formula is C23H29FN4O3. The Morgan fingerprint density at radius 1 is 1.23 bits per heavy atom. The van der Waals surface area contributed by atoms with Gasteiger partial charge in [-0.15, -0.1) is 0 Å². The van der Waals surface area contributed by atoms with E-state index in [1.54, 1.807) is 27.0 Å². The van der Waals surface area contributed by atoms with Crippen molar-refractivity contribution in [2.24, 2.45) is 4.99 Å². The van der Waals surface area contributed by atoms with E-state index in [1.165, 1.54) is 21.9 Å². The Bertz CT molecular complexity index is 929. The van der Waals surface area contributed by atoms with Crippen LogP contribution in [0.3, 0.4) is 0 Å². The van der Waals surface area contributed by atoms with Crippen LogP contribution in [0, 0.1) is 12.7 Å². The Morgan fingerprint density at radius 3 is 2.45 bits per heavy atom. The van der Waals surface area contributed by atoms with Gasteiger partial charge in [-0.2, -0.15) is 0 Å². The molecule has 0 heterocycles. The number of guanidine groups is 1. The Kier molecular flexibility index (Phi) is 8.54. The van der Waals surface area contributed by atoms with E-state index in [4.69, 9.17) is 4.74 Å². The van der Waals surface area contributed by atoms with Gasteiger partial charge in [-0.3, -0.25) is 15.0 Å². The van der Waals surface area contributed by atoms with E-state index in [0.29, 0.717) is 13.0 Å². The number of carbonyl (C=O) groups is 2. The van der Waals surface area contributed by atoms with Crippen molar-refractivity contribution in [2.75, 3.05) is 13.6 Å². The maximum atomic E-state index is 14.4. The van der Waals surface area contributed by atoms with Crippen molar-refractivity contribution in [3.63, 3.8) is 0 Å². The number of hydrogen-bond donors (Lipinski definition) is 1. The number of aryl methyl sites for hydroxylation is 1. The van der Waals surface area contributed by atoms with E-state index in [9.17, 15) is 14.0 Å². The highest BCUT2D eigenvalue weighted by Crippen LogP contribution is 2.24. The third kappa shape index (κ3) is 7.09. The molecule has 0 aliphatic heterocycles. The Morgan fingerprint density at radius 2 is 1.90 bits per heavy atom. The van der Waals surface area contributed by atoms with E-state index in [2.05, 4.69) is 10.3 Å². The van der Waals surface area contributed by atoms with Crippen molar-refractivity contribution in [1.29, 1.82) is 0 Å². The number of benzene rings is 2. The first-order chi connectivity index (χ1) is 14.7. The summed E-state index contributed by atoms with van der Waals surface area (Å²) in [4.78, 5) is 31.3. The average Bonchev–Trinajstić information content (AvgIpc) is 2.73. The summed E-state index contributed by atoms with van der Waals surface area (Å²) < 4.78 is 19.8. The molecule has 0 aromatic heterocycles. The molecule has 8 heteroatoms. The van der Waals surface area contributed by atoms with Gasteiger partial charge in [0.25, 0.3) is 0 Å². The third-order valence-electron chi connectivity index (χ3n) is 4.43. The monoisotopic (exact) mass is 428 g/mol.